The molecule has 0 nitrogen and oxygen atoms in total. The van der Waals surface area contributed by atoms with E-state index in [1.54, 1.807) is 0 Å². The summed E-state index contributed by atoms with van der Waals surface area (Å²) >= 11 is 3.76. The SMILES string of the molecule is c1ccc(C2=C(c3ccccc3-c3ccccc3)Sc3ccccc3S2)cc1. The van der Waals surface area contributed by atoms with Crippen molar-refractivity contribution in [2.24, 2.45) is 0 Å². The summed E-state index contributed by atoms with van der Waals surface area (Å²) in [6.45, 7) is 0. The molecular formula is C26H18S2. The molecule has 0 N–H and O–H groups in total. The zero-order valence-corrected chi connectivity index (χ0v) is 16.8. The van der Waals surface area contributed by atoms with Gasteiger partial charge in [-0.05, 0) is 34.4 Å². The van der Waals surface area contributed by atoms with Gasteiger partial charge in [0.25, 0.3) is 0 Å². The highest BCUT2D eigenvalue weighted by Gasteiger charge is 2.23. The van der Waals surface area contributed by atoms with Crippen LogP contribution in [0.1, 0.15) is 11.1 Å². The van der Waals surface area contributed by atoms with Crippen LogP contribution in [0.15, 0.2) is 119 Å². The van der Waals surface area contributed by atoms with Gasteiger partial charge in [0.05, 0.1) is 0 Å². The molecule has 4 aromatic rings. The molecule has 0 bridgehead atoms. The van der Waals surface area contributed by atoms with Crippen LogP contribution in [0.25, 0.3) is 20.9 Å². The predicted molar refractivity (Wildman–Crippen MR) is 123 cm³/mol. The average Bonchev–Trinajstić information content (AvgIpc) is 2.79. The fourth-order valence-electron chi connectivity index (χ4n) is 3.44. The van der Waals surface area contributed by atoms with Gasteiger partial charge in [0.15, 0.2) is 0 Å². The van der Waals surface area contributed by atoms with Crippen LogP contribution in [-0.2, 0) is 0 Å². The van der Waals surface area contributed by atoms with Crippen molar-refractivity contribution in [1.82, 2.24) is 0 Å². The Morgan fingerprint density at radius 2 is 0.821 bits per heavy atom. The first-order chi connectivity index (χ1) is 13.9. The molecule has 0 radical (unpaired) electrons. The number of hydrogen-bond acceptors (Lipinski definition) is 2. The number of benzene rings is 4. The van der Waals surface area contributed by atoms with E-state index in [1.165, 1.54) is 41.9 Å². The van der Waals surface area contributed by atoms with E-state index < -0.39 is 0 Å². The van der Waals surface area contributed by atoms with Crippen LogP contribution in [0.4, 0.5) is 0 Å². The Bertz CT molecular complexity index is 1150. The highest BCUT2D eigenvalue weighted by Crippen LogP contribution is 2.55. The summed E-state index contributed by atoms with van der Waals surface area (Å²) < 4.78 is 0. The van der Waals surface area contributed by atoms with E-state index in [0.717, 1.165) is 0 Å². The van der Waals surface area contributed by atoms with Crippen molar-refractivity contribution in [2.75, 3.05) is 0 Å². The van der Waals surface area contributed by atoms with Gasteiger partial charge in [-0.25, -0.2) is 0 Å². The van der Waals surface area contributed by atoms with Gasteiger partial charge < -0.3 is 0 Å². The van der Waals surface area contributed by atoms with Crippen molar-refractivity contribution in [3.05, 3.63) is 120 Å². The van der Waals surface area contributed by atoms with Crippen LogP contribution < -0.4 is 0 Å². The molecule has 134 valence electrons. The molecular weight excluding hydrogens is 376 g/mol. The molecule has 0 aromatic heterocycles. The van der Waals surface area contributed by atoms with Crippen LogP contribution in [0.2, 0.25) is 0 Å². The van der Waals surface area contributed by atoms with Crippen molar-refractivity contribution >= 4 is 33.3 Å². The zero-order chi connectivity index (χ0) is 18.8. The third-order valence-electron chi connectivity index (χ3n) is 4.77. The molecule has 0 atom stereocenters. The van der Waals surface area contributed by atoms with Gasteiger partial charge in [-0.1, -0.05) is 121 Å². The minimum Gasteiger partial charge on any atom is -0.0871 e. The molecule has 0 saturated heterocycles. The quantitative estimate of drug-likeness (QED) is 0.344. The number of rotatable bonds is 3. The standard InChI is InChI=1S/C26H18S2/c1-3-11-19(12-4-1)21-15-7-8-16-22(21)26-25(20-13-5-2-6-14-20)27-23-17-9-10-18-24(23)28-26/h1-18H. The van der Waals surface area contributed by atoms with Crippen LogP contribution in [0.3, 0.4) is 0 Å². The lowest BCUT2D eigenvalue weighted by Gasteiger charge is -2.24. The lowest BCUT2D eigenvalue weighted by atomic mass is 9.98. The fraction of sp³-hybridized carbons (Fsp3) is 0. The Morgan fingerprint density at radius 1 is 0.357 bits per heavy atom. The Balaban J connectivity index is 1.74. The van der Waals surface area contributed by atoms with Gasteiger partial charge >= 0.3 is 0 Å². The van der Waals surface area contributed by atoms with E-state index in [4.69, 9.17) is 0 Å². The van der Waals surface area contributed by atoms with E-state index in [-0.39, 0.29) is 0 Å². The van der Waals surface area contributed by atoms with Crippen LogP contribution >= 0.6 is 23.5 Å². The van der Waals surface area contributed by atoms with Gasteiger partial charge in [-0.3, -0.25) is 0 Å². The van der Waals surface area contributed by atoms with E-state index in [1.807, 2.05) is 23.5 Å². The minimum absolute atomic E-state index is 1.25. The second-order valence-electron chi connectivity index (χ2n) is 6.59. The van der Waals surface area contributed by atoms with Gasteiger partial charge in [0.1, 0.15) is 0 Å². The molecule has 4 aromatic carbocycles. The highest BCUT2D eigenvalue weighted by molar-refractivity contribution is 8.16. The number of hydrogen-bond donors (Lipinski definition) is 0. The molecule has 1 aliphatic heterocycles. The monoisotopic (exact) mass is 394 g/mol. The molecule has 0 fully saturated rings. The normalized spacial score (nSPS) is 13.3. The van der Waals surface area contributed by atoms with Gasteiger partial charge in [0.2, 0.25) is 0 Å². The first-order valence-electron chi connectivity index (χ1n) is 9.29. The summed E-state index contributed by atoms with van der Waals surface area (Å²) in [5, 5.41) is 0. The molecule has 0 amide bonds. The van der Waals surface area contributed by atoms with Gasteiger partial charge in [0, 0.05) is 19.6 Å². The third-order valence-corrected chi connectivity index (χ3v) is 7.45. The van der Waals surface area contributed by atoms with E-state index in [2.05, 4.69) is 109 Å². The molecule has 0 spiro atoms. The highest BCUT2D eigenvalue weighted by atomic mass is 32.2. The minimum atomic E-state index is 1.25. The molecule has 5 rings (SSSR count). The smallest absolute Gasteiger partial charge is 0.0347 e. The largest absolute Gasteiger partial charge is 0.0871 e. The lowest BCUT2D eigenvalue weighted by Crippen LogP contribution is -1.96. The Labute approximate surface area is 174 Å². The second-order valence-corrected chi connectivity index (χ2v) is 8.69. The van der Waals surface area contributed by atoms with Crippen LogP contribution in [-0.4, -0.2) is 0 Å². The van der Waals surface area contributed by atoms with E-state index >= 15 is 0 Å². The molecule has 0 saturated carbocycles. The number of thioether (sulfide) groups is 2. The maximum absolute atomic E-state index is 2.25. The Hall–Kier alpha value is -2.68. The Morgan fingerprint density at radius 3 is 1.46 bits per heavy atom. The van der Waals surface area contributed by atoms with E-state index in [9.17, 15) is 0 Å². The van der Waals surface area contributed by atoms with Crippen LogP contribution in [0.5, 0.6) is 0 Å². The number of fused-ring (bicyclic) bond motifs is 1. The summed E-state index contributed by atoms with van der Waals surface area (Å²) in [6, 6.07) is 38.8. The first kappa shape index (κ1) is 17.4. The third kappa shape index (κ3) is 3.30. The van der Waals surface area contributed by atoms with Gasteiger partial charge in [-0.2, -0.15) is 0 Å². The van der Waals surface area contributed by atoms with Crippen molar-refractivity contribution in [3.63, 3.8) is 0 Å². The maximum atomic E-state index is 2.25. The van der Waals surface area contributed by atoms with Crippen molar-refractivity contribution < 1.29 is 0 Å². The summed E-state index contributed by atoms with van der Waals surface area (Å²) in [5.41, 5.74) is 5.09. The lowest BCUT2D eigenvalue weighted by molar-refractivity contribution is 1.26. The zero-order valence-electron chi connectivity index (χ0n) is 15.2. The fourth-order valence-corrected chi connectivity index (χ4v) is 5.96. The summed E-state index contributed by atoms with van der Waals surface area (Å²) in [6.07, 6.45) is 0. The van der Waals surface area contributed by atoms with E-state index in [0.29, 0.717) is 0 Å². The predicted octanol–water partition coefficient (Wildman–Crippen LogP) is 8.08. The van der Waals surface area contributed by atoms with Crippen molar-refractivity contribution in [1.29, 1.82) is 0 Å². The van der Waals surface area contributed by atoms with Crippen molar-refractivity contribution in [3.8, 4) is 11.1 Å². The topological polar surface area (TPSA) is 0 Å². The Kier molecular flexibility index (Phi) is 4.82. The van der Waals surface area contributed by atoms with Crippen molar-refractivity contribution in [2.45, 2.75) is 9.79 Å². The molecule has 1 aliphatic rings. The molecule has 28 heavy (non-hydrogen) atoms. The molecule has 0 unspecified atom stereocenters. The maximum Gasteiger partial charge on any atom is 0.0347 e. The average molecular weight is 395 g/mol. The summed E-state index contributed by atoms with van der Waals surface area (Å²) in [7, 11) is 0. The van der Waals surface area contributed by atoms with Crippen LogP contribution in [0, 0.1) is 0 Å². The molecule has 2 heteroatoms. The van der Waals surface area contributed by atoms with Gasteiger partial charge in [-0.15, -0.1) is 0 Å². The first-order valence-corrected chi connectivity index (χ1v) is 10.9. The second kappa shape index (κ2) is 7.75. The molecule has 0 aliphatic carbocycles. The molecule has 1 heterocycles. The summed E-state index contributed by atoms with van der Waals surface area (Å²) in [5.74, 6) is 0. The summed E-state index contributed by atoms with van der Waals surface area (Å²) in [4.78, 5) is 5.30.